The Morgan fingerprint density at radius 2 is 1.55 bits per heavy atom. The van der Waals surface area contributed by atoms with Crippen LogP contribution in [-0.2, 0) is 35.2 Å². The number of benzene rings is 2. The standard InChI is InChI=1S/C18H19NO4.C14H25N3O9.ClH.H2O/c1-13-8-4-7-11-16(13)23-12-14-9-5-6-10-15(14)17(19-22-3)18(20)21-2;1-3-5(17-12(16)13(23)24)2-4(15)14(25-3)26-11-9(21)7(19)6(18)8(20)10(11)22;;/h4-11H,12H2,1-3H3;3-11,14,18-22H,2,15H2,1H3,(H2,16,17)(H,23,24);1H;1H2/b19-17+;;;/t;3-,4+,5+,6-,7+,8+,9-,10+,11+,14-;;/m.1../s1. The topological polar surface area (TPSA) is 307 Å². The number of aliphatic carboxylic acids is 1. The number of nitrogens with one attached hydrogen (secondary N) is 2. The fourth-order valence-electron chi connectivity index (χ4n) is 5.21. The number of amidine groups is 1. The molecule has 10 atom stereocenters. The van der Waals surface area contributed by atoms with Crippen molar-refractivity contribution in [2.75, 3.05) is 14.2 Å². The van der Waals surface area contributed by atoms with Crippen LogP contribution in [0, 0.1) is 12.3 Å². The number of carbonyl (C=O) groups excluding carboxylic acids is 1. The number of carboxylic acid groups (broad SMARTS) is 1. The highest BCUT2D eigenvalue weighted by Crippen LogP contribution is 2.28. The van der Waals surface area contributed by atoms with Crippen LogP contribution in [-0.4, -0.2) is 135 Å². The number of ether oxygens (including phenoxy) is 4. The van der Waals surface area contributed by atoms with Gasteiger partial charge < -0.3 is 71.0 Å². The van der Waals surface area contributed by atoms with Gasteiger partial charge in [-0.2, -0.15) is 0 Å². The molecular formula is C32H47ClN4O14. The largest absolute Gasteiger partial charge is 0.489 e. The third kappa shape index (κ3) is 11.5. The average molecular weight is 747 g/mol. The molecule has 286 valence electrons. The molecule has 0 amide bonds. The van der Waals surface area contributed by atoms with Crippen LogP contribution in [0.25, 0.3) is 0 Å². The van der Waals surface area contributed by atoms with Crippen molar-refractivity contribution in [1.29, 1.82) is 5.41 Å². The minimum absolute atomic E-state index is 0. The number of para-hydroxylation sites is 1. The van der Waals surface area contributed by atoms with E-state index in [1.165, 1.54) is 14.2 Å². The van der Waals surface area contributed by atoms with Crippen molar-refractivity contribution in [2.45, 2.75) is 88.0 Å². The molecule has 1 aliphatic heterocycles. The summed E-state index contributed by atoms with van der Waals surface area (Å²) in [7, 11) is 2.69. The Labute approximate surface area is 299 Å². The van der Waals surface area contributed by atoms with Crippen molar-refractivity contribution >= 4 is 35.9 Å². The number of aliphatic hydroxyl groups is 5. The predicted octanol–water partition coefficient (Wildman–Crippen LogP) is -1.63. The first kappa shape index (κ1) is 45.1. The first-order valence-electron chi connectivity index (χ1n) is 15.2. The van der Waals surface area contributed by atoms with Crippen molar-refractivity contribution in [3.8, 4) is 5.75 Å². The molecule has 1 saturated heterocycles. The van der Waals surface area contributed by atoms with Crippen molar-refractivity contribution in [2.24, 2.45) is 10.9 Å². The number of halogens is 1. The van der Waals surface area contributed by atoms with Gasteiger partial charge in [-0.25, -0.2) is 9.59 Å². The van der Waals surface area contributed by atoms with Gasteiger partial charge in [0.15, 0.2) is 12.0 Å². The minimum Gasteiger partial charge on any atom is -0.489 e. The van der Waals surface area contributed by atoms with Crippen LogP contribution >= 0.6 is 12.4 Å². The molecular weight excluding hydrogens is 700 g/mol. The van der Waals surface area contributed by atoms with Gasteiger partial charge in [0.1, 0.15) is 56.1 Å². The predicted molar refractivity (Wildman–Crippen MR) is 182 cm³/mol. The lowest BCUT2D eigenvalue weighted by Crippen LogP contribution is -2.66. The summed E-state index contributed by atoms with van der Waals surface area (Å²) in [5.41, 5.74) is 8.53. The van der Waals surface area contributed by atoms with Gasteiger partial charge in [-0.1, -0.05) is 47.6 Å². The van der Waals surface area contributed by atoms with Crippen LogP contribution in [0.1, 0.15) is 30.0 Å². The third-order valence-electron chi connectivity index (χ3n) is 8.01. The molecule has 12 N–H and O–H groups in total. The number of carboxylic acids is 1. The molecule has 4 rings (SSSR count). The van der Waals surface area contributed by atoms with Gasteiger partial charge in [0.2, 0.25) is 5.84 Å². The maximum atomic E-state index is 11.9. The summed E-state index contributed by atoms with van der Waals surface area (Å²) in [4.78, 5) is 27.4. The molecule has 0 spiro atoms. The number of esters is 1. The van der Waals surface area contributed by atoms with Crippen molar-refractivity contribution in [3.63, 3.8) is 0 Å². The number of hydrogen-bond acceptors (Lipinski definition) is 15. The summed E-state index contributed by atoms with van der Waals surface area (Å²) in [6.45, 7) is 3.88. The smallest absolute Gasteiger partial charge is 0.370 e. The van der Waals surface area contributed by atoms with E-state index in [1.54, 1.807) is 13.0 Å². The minimum atomic E-state index is -1.74. The van der Waals surface area contributed by atoms with E-state index < -0.39 is 78.9 Å². The molecule has 18 nitrogen and oxygen atoms in total. The number of oxime groups is 1. The molecule has 1 heterocycles. The lowest BCUT2D eigenvalue weighted by atomic mass is 9.84. The molecule has 2 aliphatic rings. The van der Waals surface area contributed by atoms with E-state index >= 15 is 0 Å². The quantitative estimate of drug-likeness (QED) is 0.0602. The van der Waals surface area contributed by atoms with E-state index in [9.17, 15) is 35.1 Å². The number of carbonyl (C=O) groups is 2. The fourth-order valence-corrected chi connectivity index (χ4v) is 5.21. The molecule has 2 aromatic carbocycles. The van der Waals surface area contributed by atoms with Crippen LogP contribution in [0.15, 0.2) is 53.7 Å². The number of aryl methyl sites for hydroxylation is 1. The number of methoxy groups -OCH3 is 1. The monoisotopic (exact) mass is 746 g/mol. The first-order valence-corrected chi connectivity index (χ1v) is 15.2. The summed E-state index contributed by atoms with van der Waals surface area (Å²) in [6.07, 6.45) is -11.7. The van der Waals surface area contributed by atoms with E-state index in [1.807, 2.05) is 49.4 Å². The number of hydrogen-bond donors (Lipinski definition) is 9. The van der Waals surface area contributed by atoms with Crippen LogP contribution < -0.4 is 15.8 Å². The Morgan fingerprint density at radius 3 is 2.12 bits per heavy atom. The van der Waals surface area contributed by atoms with Gasteiger partial charge in [-0.15, -0.1) is 12.4 Å². The second-order valence-corrected chi connectivity index (χ2v) is 11.4. The molecule has 0 aromatic heterocycles. The fraction of sp³-hybridized carbons (Fsp3) is 0.500. The number of nitrogens with zero attached hydrogens (tertiary/aromatic N) is 1. The Balaban J connectivity index is 0.000000494. The van der Waals surface area contributed by atoms with E-state index in [0.29, 0.717) is 12.2 Å². The maximum Gasteiger partial charge on any atom is 0.370 e. The summed E-state index contributed by atoms with van der Waals surface area (Å²) < 4.78 is 21.6. The van der Waals surface area contributed by atoms with Gasteiger partial charge >= 0.3 is 11.9 Å². The zero-order valence-corrected chi connectivity index (χ0v) is 29.1. The normalized spacial score (nSPS) is 28.7. The number of nitrogens with two attached hydrogens (primary N) is 1. The first-order chi connectivity index (χ1) is 23.2. The SMILES string of the molecule is CO/N=C(/C(=O)OC)c1ccccc1COc1ccccc1C.C[C@H]1O[C@H](O[C@H]2[C@H](O)[C@@H](O)[C@@H](O)[C@H](O)[C@@H]2O)[C@@H](N)C[C@@H]1NC(=N)C(=O)O.Cl.O. The van der Waals surface area contributed by atoms with Crippen LogP contribution in [0.5, 0.6) is 5.75 Å². The van der Waals surface area contributed by atoms with E-state index in [-0.39, 0.29) is 30.0 Å². The van der Waals surface area contributed by atoms with Gasteiger partial charge in [0.25, 0.3) is 0 Å². The Hall–Kier alpha value is -3.95. The Bertz CT molecular complexity index is 1450. The lowest BCUT2D eigenvalue weighted by molar-refractivity contribution is -0.293. The van der Waals surface area contributed by atoms with E-state index in [2.05, 4.69) is 10.5 Å². The molecule has 51 heavy (non-hydrogen) atoms. The van der Waals surface area contributed by atoms with Gasteiger partial charge in [0, 0.05) is 5.56 Å². The Morgan fingerprint density at radius 1 is 0.980 bits per heavy atom. The molecule has 1 saturated carbocycles. The van der Waals surface area contributed by atoms with Gasteiger partial charge in [-0.3, -0.25) is 5.41 Å². The molecule has 2 aromatic rings. The highest BCUT2D eigenvalue weighted by Gasteiger charge is 2.51. The summed E-state index contributed by atoms with van der Waals surface area (Å²) in [5.74, 6) is -1.91. The second-order valence-electron chi connectivity index (χ2n) is 11.4. The molecule has 0 unspecified atom stereocenters. The maximum absolute atomic E-state index is 11.9. The van der Waals surface area contributed by atoms with Crippen molar-refractivity contribution in [1.82, 2.24) is 5.32 Å². The van der Waals surface area contributed by atoms with Crippen molar-refractivity contribution < 1.29 is 69.5 Å². The van der Waals surface area contributed by atoms with Crippen LogP contribution in [0.3, 0.4) is 0 Å². The highest BCUT2D eigenvalue weighted by molar-refractivity contribution is 6.43. The summed E-state index contributed by atoms with van der Waals surface area (Å²) in [6, 6.07) is 13.7. The van der Waals surface area contributed by atoms with Crippen molar-refractivity contribution in [3.05, 3.63) is 65.2 Å². The highest BCUT2D eigenvalue weighted by atomic mass is 35.5. The zero-order chi connectivity index (χ0) is 36.4. The summed E-state index contributed by atoms with van der Waals surface area (Å²) in [5, 5.41) is 71.4. The average Bonchev–Trinajstić information content (AvgIpc) is 3.09. The van der Waals surface area contributed by atoms with Gasteiger partial charge in [-0.05, 0) is 37.5 Å². The van der Waals surface area contributed by atoms with E-state index in [0.717, 1.165) is 16.9 Å². The van der Waals surface area contributed by atoms with E-state index in [4.69, 9.17) is 40.0 Å². The molecule has 0 radical (unpaired) electrons. The summed E-state index contributed by atoms with van der Waals surface area (Å²) >= 11 is 0. The van der Waals surface area contributed by atoms with Gasteiger partial charge in [0.05, 0.1) is 25.3 Å². The number of aliphatic hydroxyl groups excluding tert-OH is 5. The lowest BCUT2D eigenvalue weighted by Gasteiger charge is -2.45. The number of rotatable bonds is 9. The Kier molecular flexibility index (Phi) is 18.4. The molecule has 0 bridgehead atoms. The third-order valence-corrected chi connectivity index (χ3v) is 8.01. The zero-order valence-electron chi connectivity index (χ0n) is 28.3. The van der Waals surface area contributed by atoms with Crippen LogP contribution in [0.4, 0.5) is 0 Å². The molecule has 1 aliphatic carbocycles. The van der Waals surface area contributed by atoms with Crippen LogP contribution in [0.2, 0.25) is 0 Å². The second kappa shape index (κ2) is 20.8. The molecule has 2 fully saturated rings. The molecule has 19 heteroatoms.